The van der Waals surface area contributed by atoms with Gasteiger partial charge in [-0.2, -0.15) is 5.10 Å². The van der Waals surface area contributed by atoms with Crippen molar-refractivity contribution < 1.29 is 9.59 Å². The predicted octanol–water partition coefficient (Wildman–Crippen LogP) is 4.22. The van der Waals surface area contributed by atoms with Crippen LogP contribution in [0.15, 0.2) is 47.6 Å². The number of amides is 2. The molecule has 140 valence electrons. The molecule has 0 spiro atoms. The molecule has 2 aromatic carbocycles. The summed E-state index contributed by atoms with van der Waals surface area (Å²) >= 11 is 6.05. The summed E-state index contributed by atoms with van der Waals surface area (Å²) in [5.74, 6) is -0.505. The van der Waals surface area contributed by atoms with Crippen molar-refractivity contribution in [2.75, 3.05) is 5.32 Å². The maximum absolute atomic E-state index is 12.1. The minimum Gasteiger partial charge on any atom is -0.326 e. The van der Waals surface area contributed by atoms with Gasteiger partial charge in [0.25, 0.3) is 0 Å². The molecule has 27 heavy (non-hydrogen) atoms. The molecule has 2 amide bonds. The number of aryl methyl sites for hydroxylation is 1. The van der Waals surface area contributed by atoms with Crippen LogP contribution in [-0.4, -0.2) is 17.5 Å². The molecule has 6 heteroatoms. The van der Waals surface area contributed by atoms with E-state index in [1.165, 1.54) is 5.56 Å². The Balaban J connectivity index is 1.52. The standard InChI is InChI=1S/C21H22ClN3O2/c1-14-17(22)9-5-10-18(14)23-20(26)12-13-21(27)25-24-19-11-4-7-15-6-2-3-8-16(15)19/h2-3,5-6,8-10H,4,7,11-13H2,1H3,(H,23,26)(H,25,27)/b24-19+. The molecule has 0 unspecified atom stereocenters. The number of hydrogen-bond acceptors (Lipinski definition) is 3. The van der Waals surface area contributed by atoms with Gasteiger partial charge in [0.1, 0.15) is 0 Å². The summed E-state index contributed by atoms with van der Waals surface area (Å²) in [4.78, 5) is 24.1. The van der Waals surface area contributed by atoms with Gasteiger partial charge in [-0.15, -0.1) is 0 Å². The van der Waals surface area contributed by atoms with Gasteiger partial charge in [0.05, 0.1) is 5.71 Å². The maximum Gasteiger partial charge on any atom is 0.240 e. The van der Waals surface area contributed by atoms with Gasteiger partial charge in [0.15, 0.2) is 0 Å². The zero-order valence-corrected chi connectivity index (χ0v) is 16.0. The second-order valence-corrected chi connectivity index (χ2v) is 6.97. The Morgan fingerprint density at radius 2 is 1.81 bits per heavy atom. The highest BCUT2D eigenvalue weighted by Gasteiger charge is 2.15. The second-order valence-electron chi connectivity index (χ2n) is 6.56. The number of hydrogen-bond donors (Lipinski definition) is 2. The van der Waals surface area contributed by atoms with Crippen LogP contribution in [0.1, 0.15) is 42.4 Å². The average Bonchev–Trinajstić information content (AvgIpc) is 2.68. The van der Waals surface area contributed by atoms with Gasteiger partial charge in [-0.1, -0.05) is 41.9 Å². The van der Waals surface area contributed by atoms with Crippen molar-refractivity contribution in [3.05, 3.63) is 64.2 Å². The first-order valence-electron chi connectivity index (χ1n) is 9.03. The van der Waals surface area contributed by atoms with Crippen LogP contribution in [0.2, 0.25) is 5.02 Å². The summed E-state index contributed by atoms with van der Waals surface area (Å²) in [5.41, 5.74) is 7.29. The molecule has 0 fully saturated rings. The monoisotopic (exact) mass is 383 g/mol. The van der Waals surface area contributed by atoms with Crippen molar-refractivity contribution >= 4 is 34.8 Å². The molecule has 1 aliphatic rings. The van der Waals surface area contributed by atoms with Crippen molar-refractivity contribution in [3.63, 3.8) is 0 Å². The normalized spacial score (nSPS) is 14.5. The van der Waals surface area contributed by atoms with Crippen LogP contribution in [0.3, 0.4) is 0 Å². The zero-order chi connectivity index (χ0) is 19.2. The van der Waals surface area contributed by atoms with Gasteiger partial charge in [0, 0.05) is 29.1 Å². The molecule has 2 N–H and O–H groups in total. The highest BCUT2D eigenvalue weighted by atomic mass is 35.5. The molecule has 2 aromatic rings. The Morgan fingerprint density at radius 1 is 1.04 bits per heavy atom. The van der Waals surface area contributed by atoms with Crippen molar-refractivity contribution in [1.29, 1.82) is 0 Å². The molecule has 0 heterocycles. The summed E-state index contributed by atoms with van der Waals surface area (Å²) in [7, 11) is 0. The fraction of sp³-hybridized carbons (Fsp3) is 0.286. The summed E-state index contributed by atoms with van der Waals surface area (Å²) in [6.45, 7) is 1.84. The Labute approximate surface area is 163 Å². The van der Waals surface area contributed by atoms with Crippen LogP contribution in [0.4, 0.5) is 5.69 Å². The van der Waals surface area contributed by atoms with Crippen LogP contribution in [-0.2, 0) is 16.0 Å². The Morgan fingerprint density at radius 3 is 2.67 bits per heavy atom. The number of nitrogens with zero attached hydrogens (tertiary/aromatic N) is 1. The van der Waals surface area contributed by atoms with Crippen LogP contribution >= 0.6 is 11.6 Å². The molecule has 0 atom stereocenters. The third-order valence-corrected chi connectivity index (χ3v) is 5.03. The van der Waals surface area contributed by atoms with E-state index in [2.05, 4.69) is 21.9 Å². The Kier molecular flexibility index (Phi) is 6.24. The van der Waals surface area contributed by atoms with E-state index >= 15 is 0 Å². The number of anilines is 1. The second kappa shape index (κ2) is 8.82. The lowest BCUT2D eigenvalue weighted by atomic mass is 9.90. The SMILES string of the molecule is Cc1c(Cl)cccc1NC(=O)CCC(=O)N/N=C1\CCCc2ccccc21. The number of benzene rings is 2. The summed E-state index contributed by atoms with van der Waals surface area (Å²) < 4.78 is 0. The molecule has 0 aromatic heterocycles. The molecular formula is C21H22ClN3O2. The van der Waals surface area contributed by atoms with E-state index < -0.39 is 0 Å². The maximum atomic E-state index is 12.1. The number of hydrazone groups is 1. The summed E-state index contributed by atoms with van der Waals surface area (Å²) in [5, 5.41) is 7.66. The van der Waals surface area contributed by atoms with Crippen molar-refractivity contribution in [2.24, 2.45) is 5.10 Å². The first-order chi connectivity index (χ1) is 13.0. The van der Waals surface area contributed by atoms with Gasteiger partial charge < -0.3 is 5.32 Å². The third-order valence-electron chi connectivity index (χ3n) is 4.62. The number of fused-ring (bicyclic) bond motifs is 1. The van der Waals surface area contributed by atoms with E-state index in [9.17, 15) is 9.59 Å². The number of carbonyl (C=O) groups excluding carboxylic acids is 2. The fourth-order valence-electron chi connectivity index (χ4n) is 3.09. The number of nitrogens with one attached hydrogen (secondary N) is 2. The van der Waals surface area contributed by atoms with E-state index in [1.807, 2.05) is 25.1 Å². The molecule has 0 aliphatic heterocycles. The minimum absolute atomic E-state index is 0.0733. The van der Waals surface area contributed by atoms with E-state index in [1.54, 1.807) is 18.2 Å². The van der Waals surface area contributed by atoms with Gasteiger partial charge >= 0.3 is 0 Å². The van der Waals surface area contributed by atoms with Gasteiger partial charge in [0.2, 0.25) is 11.8 Å². The van der Waals surface area contributed by atoms with Crippen LogP contribution in [0.25, 0.3) is 0 Å². The number of rotatable bonds is 5. The van der Waals surface area contributed by atoms with E-state index in [4.69, 9.17) is 11.6 Å². The molecule has 0 radical (unpaired) electrons. The van der Waals surface area contributed by atoms with Crippen LogP contribution in [0.5, 0.6) is 0 Å². The fourth-order valence-corrected chi connectivity index (χ4v) is 3.26. The third kappa shape index (κ3) is 4.95. The lowest BCUT2D eigenvalue weighted by Gasteiger charge is -2.17. The Bertz CT molecular complexity index is 893. The summed E-state index contributed by atoms with van der Waals surface area (Å²) in [6.07, 6.45) is 3.05. The van der Waals surface area contributed by atoms with Gasteiger partial charge in [-0.3, -0.25) is 9.59 Å². The molecule has 3 rings (SSSR count). The van der Waals surface area contributed by atoms with Crippen LogP contribution in [0, 0.1) is 6.92 Å². The number of halogens is 1. The van der Waals surface area contributed by atoms with Gasteiger partial charge in [-0.05, 0) is 49.4 Å². The Hall–Kier alpha value is -2.66. The average molecular weight is 384 g/mol. The number of carbonyl (C=O) groups is 2. The highest BCUT2D eigenvalue weighted by molar-refractivity contribution is 6.31. The van der Waals surface area contributed by atoms with Gasteiger partial charge in [-0.25, -0.2) is 5.43 Å². The molecule has 5 nitrogen and oxygen atoms in total. The van der Waals surface area contributed by atoms with E-state index in [0.717, 1.165) is 36.1 Å². The van der Waals surface area contributed by atoms with Crippen molar-refractivity contribution in [1.82, 2.24) is 5.43 Å². The van der Waals surface area contributed by atoms with E-state index in [0.29, 0.717) is 10.7 Å². The molecule has 0 bridgehead atoms. The highest BCUT2D eigenvalue weighted by Crippen LogP contribution is 2.23. The lowest BCUT2D eigenvalue weighted by Crippen LogP contribution is -2.23. The molecule has 0 saturated carbocycles. The lowest BCUT2D eigenvalue weighted by molar-refractivity contribution is -0.124. The quantitative estimate of drug-likeness (QED) is 0.758. The first kappa shape index (κ1) is 19.1. The van der Waals surface area contributed by atoms with Crippen molar-refractivity contribution in [3.8, 4) is 0 Å². The largest absolute Gasteiger partial charge is 0.326 e. The zero-order valence-electron chi connectivity index (χ0n) is 15.2. The first-order valence-corrected chi connectivity index (χ1v) is 9.41. The minimum atomic E-state index is -0.275. The smallest absolute Gasteiger partial charge is 0.240 e. The van der Waals surface area contributed by atoms with Crippen molar-refractivity contribution in [2.45, 2.75) is 39.0 Å². The molecular weight excluding hydrogens is 362 g/mol. The topological polar surface area (TPSA) is 70.6 Å². The summed E-state index contributed by atoms with van der Waals surface area (Å²) in [6, 6.07) is 13.4. The van der Waals surface area contributed by atoms with E-state index in [-0.39, 0.29) is 24.7 Å². The van der Waals surface area contributed by atoms with Crippen LogP contribution < -0.4 is 10.7 Å². The predicted molar refractivity (Wildman–Crippen MR) is 108 cm³/mol. The molecule has 0 saturated heterocycles. The molecule has 1 aliphatic carbocycles.